The molecular formula is H6Sb2Sr3. The summed E-state index contributed by atoms with van der Waals surface area (Å²) < 4.78 is 0. The van der Waals surface area contributed by atoms with Crippen LogP contribution in [-0.2, 0) is 0 Å². The van der Waals surface area contributed by atoms with Gasteiger partial charge in [0.1, 0.15) is 0 Å². The fraction of sp³-hybridized carbons (Fsp3) is 0. The fourth-order valence-electron chi connectivity index (χ4n) is 0. The van der Waals surface area contributed by atoms with Crippen molar-refractivity contribution in [3.05, 3.63) is 0 Å². The summed E-state index contributed by atoms with van der Waals surface area (Å²) in [5, 5.41) is 0. The zero-order valence-corrected chi connectivity index (χ0v) is 18.5. The average Bonchev–Trinajstić information content (AvgIpc) is 0. The smallest absolute Gasteiger partial charge is 1.00 e. The van der Waals surface area contributed by atoms with Crippen LogP contribution < -0.4 is 0 Å². The van der Waals surface area contributed by atoms with Gasteiger partial charge in [-0.1, -0.05) is 0 Å². The van der Waals surface area contributed by atoms with Crippen molar-refractivity contribution in [1.82, 2.24) is 0 Å². The molecule has 0 aliphatic carbocycles. The van der Waals surface area contributed by atoms with Gasteiger partial charge in [0.25, 0.3) is 0 Å². The first-order chi connectivity index (χ1) is 0. The molecule has 0 saturated carbocycles. The standard InChI is InChI=1S/2Sb.3Sr.6H/q;;3*+2;6*-1. The van der Waals surface area contributed by atoms with E-state index in [1.807, 2.05) is 0 Å². The summed E-state index contributed by atoms with van der Waals surface area (Å²) in [7, 11) is 0. The monoisotopic (exact) mass is 512 g/mol. The van der Waals surface area contributed by atoms with E-state index in [1.54, 1.807) is 0 Å². The molecule has 0 rings (SSSR count). The third-order valence-corrected chi connectivity index (χ3v) is 0. The van der Waals surface area contributed by atoms with Crippen LogP contribution in [0.2, 0.25) is 0 Å². The Hall–Kier alpha value is 6.08. The van der Waals surface area contributed by atoms with Crippen molar-refractivity contribution in [1.29, 1.82) is 0 Å². The van der Waals surface area contributed by atoms with Gasteiger partial charge in [0.2, 0.25) is 0 Å². The maximum atomic E-state index is 0. The Labute approximate surface area is 188 Å². The van der Waals surface area contributed by atoms with Crippen molar-refractivity contribution >= 4 is 185 Å². The molecule has 0 N–H and O–H groups in total. The third kappa shape index (κ3) is 17.8. The third-order valence-electron chi connectivity index (χ3n) is 0. The summed E-state index contributed by atoms with van der Waals surface area (Å²) >= 11 is 0. The topological polar surface area (TPSA) is 0 Å². The second-order valence-corrected chi connectivity index (χ2v) is 0. The normalized spacial score (nSPS) is 0. The number of hydrogen-bond donors (Lipinski definition) is 0. The van der Waals surface area contributed by atoms with Crippen LogP contribution in [0.5, 0.6) is 0 Å². The van der Waals surface area contributed by atoms with E-state index in [1.165, 1.54) is 0 Å². The SMILES string of the molecule is [H-].[H-].[H-].[H-].[H-].[H-].[Sb].[Sb].[Sr+2].[Sr+2].[Sr+2]. The summed E-state index contributed by atoms with van der Waals surface area (Å²) in [4.78, 5) is 0. The molecular weight excluding hydrogens is 506 g/mol. The summed E-state index contributed by atoms with van der Waals surface area (Å²) in [5.74, 6) is 0. The van der Waals surface area contributed by atoms with E-state index in [0.717, 1.165) is 0 Å². The molecule has 0 aromatic rings. The van der Waals surface area contributed by atoms with Gasteiger partial charge in [0.15, 0.2) is 0 Å². The molecule has 0 spiro atoms. The van der Waals surface area contributed by atoms with Gasteiger partial charge in [-0.2, -0.15) is 0 Å². The van der Waals surface area contributed by atoms with Gasteiger partial charge in [-0.25, -0.2) is 0 Å². The Balaban J connectivity index is 0. The van der Waals surface area contributed by atoms with Crippen LogP contribution in [0.15, 0.2) is 0 Å². The largest absolute Gasteiger partial charge is 2.00 e. The molecule has 0 aliphatic rings. The van der Waals surface area contributed by atoms with Crippen LogP contribution in [0, 0.1) is 0 Å². The molecule has 0 saturated heterocycles. The van der Waals surface area contributed by atoms with Crippen molar-refractivity contribution in [3.8, 4) is 0 Å². The average molecular weight is 512 g/mol. The van der Waals surface area contributed by atoms with Gasteiger partial charge >= 0.3 is 136 Å². The second-order valence-electron chi connectivity index (χ2n) is 0. The van der Waals surface area contributed by atoms with Crippen molar-refractivity contribution in [2.45, 2.75) is 0 Å². The minimum absolute atomic E-state index is 0. The van der Waals surface area contributed by atoms with Crippen molar-refractivity contribution in [2.75, 3.05) is 0 Å². The molecule has 0 fully saturated rings. The summed E-state index contributed by atoms with van der Waals surface area (Å²) in [6.45, 7) is 0. The van der Waals surface area contributed by atoms with Crippen molar-refractivity contribution in [2.24, 2.45) is 0 Å². The van der Waals surface area contributed by atoms with E-state index in [2.05, 4.69) is 0 Å². The minimum Gasteiger partial charge on any atom is -1.00 e. The molecule has 22 valence electrons. The van der Waals surface area contributed by atoms with Gasteiger partial charge in [-0.3, -0.25) is 0 Å². The quantitative estimate of drug-likeness (QED) is 0.357. The Morgan fingerprint density at radius 2 is 0.600 bits per heavy atom. The van der Waals surface area contributed by atoms with Crippen LogP contribution in [-0.4, -0.2) is 185 Å². The zero-order chi connectivity index (χ0) is 0. The van der Waals surface area contributed by atoms with Crippen LogP contribution in [0.3, 0.4) is 0 Å². The molecule has 6 radical (unpaired) electrons. The van der Waals surface area contributed by atoms with E-state index in [0.29, 0.717) is 0 Å². The summed E-state index contributed by atoms with van der Waals surface area (Å²) in [6, 6.07) is 0. The van der Waals surface area contributed by atoms with E-state index < -0.39 is 0 Å². The van der Waals surface area contributed by atoms with Crippen molar-refractivity contribution < 1.29 is 8.56 Å². The fourth-order valence-corrected chi connectivity index (χ4v) is 0. The van der Waals surface area contributed by atoms with Gasteiger partial charge in [0, 0.05) is 48.9 Å². The van der Waals surface area contributed by atoms with Crippen LogP contribution >= 0.6 is 0 Å². The second kappa shape index (κ2) is 22.5. The van der Waals surface area contributed by atoms with Gasteiger partial charge in [-0.15, -0.1) is 0 Å². The van der Waals surface area contributed by atoms with Gasteiger partial charge in [0.05, 0.1) is 0 Å². The van der Waals surface area contributed by atoms with Crippen molar-refractivity contribution in [3.63, 3.8) is 0 Å². The molecule has 0 aromatic carbocycles. The van der Waals surface area contributed by atoms with E-state index in [9.17, 15) is 0 Å². The molecule has 0 aliphatic heterocycles. The predicted octanol–water partition coefficient (Wildman–Crippen LogP) is -1.23. The van der Waals surface area contributed by atoms with Crippen LogP contribution in [0.1, 0.15) is 8.56 Å². The van der Waals surface area contributed by atoms with Crippen LogP contribution in [0.4, 0.5) is 0 Å². The van der Waals surface area contributed by atoms with E-state index in [4.69, 9.17) is 0 Å². The van der Waals surface area contributed by atoms with Gasteiger partial charge < -0.3 is 8.56 Å². The Morgan fingerprint density at radius 3 is 0.600 bits per heavy atom. The van der Waals surface area contributed by atoms with Crippen LogP contribution in [0.25, 0.3) is 0 Å². The molecule has 0 unspecified atom stereocenters. The van der Waals surface area contributed by atoms with E-state index >= 15 is 0 Å². The molecule has 0 amide bonds. The summed E-state index contributed by atoms with van der Waals surface area (Å²) in [5.41, 5.74) is 0. The Morgan fingerprint density at radius 1 is 0.600 bits per heavy atom. The maximum Gasteiger partial charge on any atom is 2.00 e. The number of hydrogen-bond acceptors (Lipinski definition) is 0. The molecule has 5 heavy (non-hydrogen) atoms. The maximum absolute atomic E-state index is 0. The molecule has 0 bridgehead atoms. The van der Waals surface area contributed by atoms with Gasteiger partial charge in [-0.05, 0) is 0 Å². The first-order valence-corrected chi connectivity index (χ1v) is 0. The minimum atomic E-state index is 0. The molecule has 0 heterocycles. The Bertz CT molecular complexity index is 15.8. The zero-order valence-electron chi connectivity index (χ0n) is 9.02. The first kappa shape index (κ1) is 30.5. The molecule has 0 nitrogen and oxygen atoms in total. The molecule has 0 aromatic heterocycles. The first-order valence-electron chi connectivity index (χ1n) is 0. The number of rotatable bonds is 0. The summed E-state index contributed by atoms with van der Waals surface area (Å²) in [6.07, 6.45) is 0. The van der Waals surface area contributed by atoms with E-state index in [-0.39, 0.29) is 194 Å². The molecule has 5 heteroatoms. The predicted molar refractivity (Wildman–Crippen MR) is 35.4 cm³/mol. The molecule has 0 atom stereocenters. The Kier molecular flexibility index (Phi) is 137.